The molecule has 0 heterocycles. The van der Waals surface area contributed by atoms with Gasteiger partial charge in [-0.25, -0.2) is 0 Å². The van der Waals surface area contributed by atoms with Crippen LogP contribution in [0.15, 0.2) is 18.2 Å². The van der Waals surface area contributed by atoms with Gasteiger partial charge in [0.1, 0.15) is 0 Å². The van der Waals surface area contributed by atoms with Crippen molar-refractivity contribution in [1.29, 1.82) is 0 Å². The van der Waals surface area contributed by atoms with Gasteiger partial charge in [0.15, 0.2) is 5.75 Å². The quantitative estimate of drug-likeness (QED) is 0.567. The largest absolute Gasteiger partial charge is 0.502 e. The van der Waals surface area contributed by atoms with Crippen molar-refractivity contribution in [1.82, 2.24) is 0 Å². The van der Waals surface area contributed by atoms with E-state index in [9.17, 15) is 15.2 Å². The Balaban J connectivity index is 2.88. The molecule has 0 aromatic heterocycles. The number of aromatic hydroxyl groups is 1. The molecule has 0 atom stereocenters. The molecule has 1 aromatic carbocycles. The lowest BCUT2D eigenvalue weighted by Gasteiger charge is -2.24. The van der Waals surface area contributed by atoms with Crippen LogP contribution in [0.5, 0.6) is 5.75 Å². The molecule has 0 fully saturated rings. The van der Waals surface area contributed by atoms with Gasteiger partial charge in [-0.3, -0.25) is 10.1 Å². The molecule has 0 aliphatic heterocycles. The van der Waals surface area contributed by atoms with Crippen molar-refractivity contribution in [2.24, 2.45) is 0 Å². The molecule has 1 N–H and O–H groups in total. The highest BCUT2D eigenvalue weighted by molar-refractivity contribution is 5.58. The van der Waals surface area contributed by atoms with Gasteiger partial charge in [0.2, 0.25) is 0 Å². The monoisotopic (exact) mass is 270 g/mol. The van der Waals surface area contributed by atoms with Gasteiger partial charge >= 0.3 is 5.69 Å². The zero-order valence-electron chi connectivity index (χ0n) is 11.0. The molecule has 0 amide bonds. The van der Waals surface area contributed by atoms with E-state index in [4.69, 9.17) is 9.47 Å². The summed E-state index contributed by atoms with van der Waals surface area (Å²) in [5.41, 5.74) is 0.388. The molecule has 106 valence electrons. The number of nitrogens with zero attached hydrogens (tertiary/aromatic N) is 2. The molecule has 7 nitrogen and oxygen atoms in total. The number of nitro groups is 1. The van der Waals surface area contributed by atoms with E-state index in [0.717, 1.165) is 0 Å². The third-order valence-corrected chi connectivity index (χ3v) is 2.65. The lowest BCUT2D eigenvalue weighted by molar-refractivity contribution is -0.385. The highest BCUT2D eigenvalue weighted by Crippen LogP contribution is 2.30. The molecule has 1 rings (SSSR count). The van der Waals surface area contributed by atoms with E-state index < -0.39 is 4.92 Å². The summed E-state index contributed by atoms with van der Waals surface area (Å²) in [5, 5.41) is 20.3. The zero-order valence-corrected chi connectivity index (χ0v) is 11.0. The average molecular weight is 270 g/mol. The van der Waals surface area contributed by atoms with Crippen LogP contribution in [0.25, 0.3) is 0 Å². The SMILES string of the molecule is COCCN(CCOC)c1ccc([N+](=O)[O-])c(O)c1. The van der Waals surface area contributed by atoms with Crippen molar-refractivity contribution in [3.63, 3.8) is 0 Å². The summed E-state index contributed by atoms with van der Waals surface area (Å²) in [6.45, 7) is 2.25. The Labute approximate surface area is 111 Å². The molecular formula is C12H18N2O5. The van der Waals surface area contributed by atoms with Crippen LogP contribution in [-0.4, -0.2) is 50.6 Å². The number of hydrogen-bond donors (Lipinski definition) is 1. The van der Waals surface area contributed by atoms with E-state index in [1.807, 2.05) is 4.90 Å². The average Bonchev–Trinajstić information content (AvgIpc) is 2.38. The maximum Gasteiger partial charge on any atom is 0.310 e. The third-order valence-electron chi connectivity index (χ3n) is 2.65. The van der Waals surface area contributed by atoms with Crippen LogP contribution < -0.4 is 4.90 Å². The van der Waals surface area contributed by atoms with E-state index in [2.05, 4.69) is 0 Å². The fraction of sp³-hybridized carbons (Fsp3) is 0.500. The van der Waals surface area contributed by atoms with Crippen molar-refractivity contribution < 1.29 is 19.5 Å². The van der Waals surface area contributed by atoms with Crippen molar-refractivity contribution in [3.8, 4) is 5.75 Å². The number of phenolic OH excluding ortho intramolecular Hbond substituents is 1. The van der Waals surface area contributed by atoms with Gasteiger partial charge < -0.3 is 19.5 Å². The third kappa shape index (κ3) is 4.38. The molecule has 0 aliphatic rings. The Morgan fingerprint density at radius 3 is 2.26 bits per heavy atom. The van der Waals surface area contributed by atoms with Crippen molar-refractivity contribution in [3.05, 3.63) is 28.3 Å². The highest BCUT2D eigenvalue weighted by Gasteiger charge is 2.15. The molecule has 0 spiro atoms. The molecule has 19 heavy (non-hydrogen) atoms. The van der Waals surface area contributed by atoms with Crippen LogP contribution in [0.3, 0.4) is 0 Å². The second kappa shape index (κ2) is 7.55. The fourth-order valence-corrected chi connectivity index (χ4v) is 1.64. The Hall–Kier alpha value is -1.86. The van der Waals surface area contributed by atoms with Crippen LogP contribution in [0.2, 0.25) is 0 Å². The van der Waals surface area contributed by atoms with Gasteiger partial charge in [-0.15, -0.1) is 0 Å². The summed E-state index contributed by atoms with van der Waals surface area (Å²) in [4.78, 5) is 11.9. The zero-order chi connectivity index (χ0) is 14.3. The van der Waals surface area contributed by atoms with E-state index in [1.54, 1.807) is 20.3 Å². The van der Waals surface area contributed by atoms with Gasteiger partial charge in [0, 0.05) is 45.1 Å². The van der Waals surface area contributed by atoms with Crippen molar-refractivity contribution in [2.45, 2.75) is 0 Å². The first kappa shape index (κ1) is 15.2. The van der Waals surface area contributed by atoms with E-state index in [1.165, 1.54) is 12.1 Å². The topological polar surface area (TPSA) is 85.1 Å². The van der Waals surface area contributed by atoms with Gasteiger partial charge in [0.25, 0.3) is 0 Å². The Kier molecular flexibility index (Phi) is 6.04. The first-order chi connectivity index (χ1) is 9.10. The lowest BCUT2D eigenvalue weighted by atomic mass is 10.2. The molecule has 7 heteroatoms. The number of rotatable bonds is 8. The fourth-order valence-electron chi connectivity index (χ4n) is 1.64. The predicted octanol–water partition coefficient (Wildman–Crippen LogP) is 1.40. The lowest BCUT2D eigenvalue weighted by Crippen LogP contribution is -2.30. The molecular weight excluding hydrogens is 252 g/mol. The van der Waals surface area contributed by atoms with Crippen LogP contribution in [0, 0.1) is 10.1 Å². The van der Waals surface area contributed by atoms with Crippen molar-refractivity contribution >= 4 is 11.4 Å². The molecule has 0 bridgehead atoms. The van der Waals surface area contributed by atoms with E-state index in [-0.39, 0.29) is 11.4 Å². The van der Waals surface area contributed by atoms with Gasteiger partial charge in [0.05, 0.1) is 18.1 Å². The number of ether oxygens (including phenoxy) is 2. The van der Waals surface area contributed by atoms with Gasteiger partial charge in [-0.2, -0.15) is 0 Å². The maximum atomic E-state index is 10.6. The Bertz CT molecular complexity index is 417. The Morgan fingerprint density at radius 1 is 1.26 bits per heavy atom. The predicted molar refractivity (Wildman–Crippen MR) is 70.7 cm³/mol. The van der Waals surface area contributed by atoms with Gasteiger partial charge in [-0.05, 0) is 6.07 Å². The van der Waals surface area contributed by atoms with Gasteiger partial charge in [-0.1, -0.05) is 0 Å². The molecule has 0 radical (unpaired) electrons. The minimum absolute atomic E-state index is 0.304. The van der Waals surface area contributed by atoms with Crippen molar-refractivity contribution in [2.75, 3.05) is 45.4 Å². The molecule has 0 saturated carbocycles. The number of nitro benzene ring substituents is 1. The summed E-state index contributed by atoms with van der Waals surface area (Å²) in [6, 6.07) is 4.27. The molecule has 0 saturated heterocycles. The summed E-state index contributed by atoms with van der Waals surface area (Å²) in [6.07, 6.45) is 0. The standard InChI is InChI=1S/C12H18N2O5/c1-18-7-5-13(6-8-19-2)10-3-4-11(14(16)17)12(15)9-10/h3-4,9,15H,5-8H2,1-2H3. The number of anilines is 1. The smallest absolute Gasteiger partial charge is 0.310 e. The molecule has 0 aliphatic carbocycles. The summed E-state index contributed by atoms with van der Waals surface area (Å²) in [5.74, 6) is -0.345. The first-order valence-corrected chi connectivity index (χ1v) is 5.80. The van der Waals surface area contributed by atoms with Crippen LogP contribution >= 0.6 is 0 Å². The highest BCUT2D eigenvalue weighted by atomic mass is 16.6. The second-order valence-electron chi connectivity index (χ2n) is 3.90. The first-order valence-electron chi connectivity index (χ1n) is 5.80. The number of hydrogen-bond acceptors (Lipinski definition) is 6. The summed E-state index contributed by atoms with van der Waals surface area (Å²) in [7, 11) is 3.20. The van der Waals surface area contributed by atoms with E-state index in [0.29, 0.717) is 32.0 Å². The Morgan fingerprint density at radius 2 is 1.84 bits per heavy atom. The minimum atomic E-state index is -0.617. The van der Waals surface area contributed by atoms with Crippen LogP contribution in [-0.2, 0) is 9.47 Å². The number of methoxy groups -OCH3 is 2. The van der Waals surface area contributed by atoms with Crippen LogP contribution in [0.4, 0.5) is 11.4 Å². The summed E-state index contributed by atoms with van der Waals surface area (Å²) < 4.78 is 10.0. The molecule has 0 unspecified atom stereocenters. The van der Waals surface area contributed by atoms with E-state index >= 15 is 0 Å². The molecule has 1 aromatic rings. The number of phenols is 1. The maximum absolute atomic E-state index is 10.6. The van der Waals surface area contributed by atoms with Crippen LogP contribution in [0.1, 0.15) is 0 Å². The second-order valence-corrected chi connectivity index (χ2v) is 3.90. The summed E-state index contributed by atoms with van der Waals surface area (Å²) >= 11 is 0. The normalized spacial score (nSPS) is 10.4. The number of benzene rings is 1. The minimum Gasteiger partial charge on any atom is -0.502 e.